The number of aryl methyl sites for hydroxylation is 2. The molecule has 9 heteroatoms. The zero-order valence-corrected chi connectivity index (χ0v) is 17.4. The van der Waals surface area contributed by atoms with E-state index in [-0.39, 0.29) is 5.56 Å². The van der Waals surface area contributed by atoms with Gasteiger partial charge >= 0.3 is 0 Å². The Morgan fingerprint density at radius 2 is 1.87 bits per heavy atom. The fourth-order valence-corrected chi connectivity index (χ4v) is 3.02. The highest BCUT2D eigenvalue weighted by Crippen LogP contribution is 2.07. The number of aromatic nitrogens is 4. The summed E-state index contributed by atoms with van der Waals surface area (Å²) in [6.07, 6.45) is 3.44. The van der Waals surface area contributed by atoms with E-state index in [2.05, 4.69) is 30.9 Å². The van der Waals surface area contributed by atoms with Crippen LogP contribution in [-0.2, 0) is 13.1 Å². The third kappa shape index (κ3) is 5.77. The standard InChI is InChI=1S/C21H28N8O/c1-15-13-27-20(26-10-9-25-19-5-3-4-8-24-19)21(30)29(15)12-11-23-14-17-6-7-18(22)28-16(17)2/h3-8,13,23H,9-12,14H2,1-2H3,(H2,22,28)(H,24,25)(H,26,27). The van der Waals surface area contributed by atoms with Crippen molar-refractivity contribution in [1.82, 2.24) is 24.8 Å². The largest absolute Gasteiger partial charge is 0.384 e. The van der Waals surface area contributed by atoms with E-state index >= 15 is 0 Å². The number of hydrogen-bond acceptors (Lipinski definition) is 8. The van der Waals surface area contributed by atoms with E-state index in [0.29, 0.717) is 44.4 Å². The molecule has 3 rings (SSSR count). The summed E-state index contributed by atoms with van der Waals surface area (Å²) < 4.78 is 1.72. The number of nitrogens with two attached hydrogens (primary N) is 1. The number of nitrogen functional groups attached to an aromatic ring is 1. The number of rotatable bonds is 10. The van der Waals surface area contributed by atoms with Crippen LogP contribution < -0.4 is 27.2 Å². The van der Waals surface area contributed by atoms with Crippen molar-refractivity contribution in [2.24, 2.45) is 0 Å². The van der Waals surface area contributed by atoms with E-state index in [1.807, 2.05) is 38.1 Å². The van der Waals surface area contributed by atoms with Crippen molar-refractivity contribution in [3.8, 4) is 0 Å². The minimum Gasteiger partial charge on any atom is -0.384 e. The van der Waals surface area contributed by atoms with Crippen molar-refractivity contribution >= 4 is 17.5 Å². The van der Waals surface area contributed by atoms with Gasteiger partial charge in [0.05, 0.1) is 0 Å². The molecule has 158 valence electrons. The van der Waals surface area contributed by atoms with Crippen molar-refractivity contribution in [3.63, 3.8) is 0 Å². The van der Waals surface area contributed by atoms with Gasteiger partial charge in [-0.25, -0.2) is 15.0 Å². The van der Waals surface area contributed by atoms with Crippen LogP contribution >= 0.6 is 0 Å². The Hall–Kier alpha value is -3.46. The Bertz CT molecular complexity index is 1020. The Balaban J connectivity index is 1.50. The van der Waals surface area contributed by atoms with Gasteiger partial charge in [-0.3, -0.25) is 4.79 Å². The summed E-state index contributed by atoms with van der Waals surface area (Å²) in [7, 11) is 0. The molecule has 30 heavy (non-hydrogen) atoms. The quantitative estimate of drug-likeness (QED) is 0.373. The molecule has 3 aromatic heterocycles. The molecule has 0 amide bonds. The summed E-state index contributed by atoms with van der Waals surface area (Å²) in [5.41, 5.74) is 8.39. The van der Waals surface area contributed by atoms with Gasteiger partial charge in [-0.1, -0.05) is 12.1 Å². The summed E-state index contributed by atoms with van der Waals surface area (Å²) in [5, 5.41) is 9.65. The molecule has 0 spiro atoms. The van der Waals surface area contributed by atoms with E-state index in [0.717, 1.165) is 22.8 Å². The Labute approximate surface area is 175 Å². The zero-order chi connectivity index (χ0) is 21.3. The number of pyridine rings is 2. The fourth-order valence-electron chi connectivity index (χ4n) is 3.02. The topological polar surface area (TPSA) is 123 Å². The van der Waals surface area contributed by atoms with Gasteiger partial charge in [-0.15, -0.1) is 0 Å². The zero-order valence-electron chi connectivity index (χ0n) is 17.4. The normalized spacial score (nSPS) is 10.7. The molecule has 0 aliphatic carbocycles. The van der Waals surface area contributed by atoms with E-state index in [9.17, 15) is 4.79 Å². The summed E-state index contributed by atoms with van der Waals surface area (Å²) >= 11 is 0. The van der Waals surface area contributed by atoms with Crippen LogP contribution in [0.25, 0.3) is 0 Å². The lowest BCUT2D eigenvalue weighted by Crippen LogP contribution is -2.31. The van der Waals surface area contributed by atoms with Crippen LogP contribution in [0.3, 0.4) is 0 Å². The first kappa shape index (κ1) is 21.3. The van der Waals surface area contributed by atoms with Crippen LogP contribution in [0.2, 0.25) is 0 Å². The van der Waals surface area contributed by atoms with Crippen LogP contribution in [0, 0.1) is 13.8 Å². The van der Waals surface area contributed by atoms with Gasteiger partial charge in [0.2, 0.25) is 0 Å². The van der Waals surface area contributed by atoms with Gasteiger partial charge in [0.15, 0.2) is 5.82 Å². The van der Waals surface area contributed by atoms with Crippen LogP contribution in [0.5, 0.6) is 0 Å². The number of nitrogens with zero attached hydrogens (tertiary/aromatic N) is 4. The maximum absolute atomic E-state index is 12.8. The highest BCUT2D eigenvalue weighted by molar-refractivity contribution is 5.36. The van der Waals surface area contributed by atoms with Crippen LogP contribution in [0.15, 0.2) is 47.5 Å². The first-order valence-electron chi connectivity index (χ1n) is 9.92. The molecule has 0 aliphatic heterocycles. The van der Waals surface area contributed by atoms with Gasteiger partial charge in [-0.2, -0.15) is 0 Å². The van der Waals surface area contributed by atoms with E-state index in [4.69, 9.17) is 5.73 Å². The molecule has 0 saturated heterocycles. The van der Waals surface area contributed by atoms with Crippen molar-refractivity contribution in [2.75, 3.05) is 36.0 Å². The highest BCUT2D eigenvalue weighted by atomic mass is 16.1. The first-order chi connectivity index (χ1) is 14.5. The summed E-state index contributed by atoms with van der Waals surface area (Å²) in [6, 6.07) is 9.44. The van der Waals surface area contributed by atoms with Gasteiger partial charge in [0.25, 0.3) is 5.56 Å². The Morgan fingerprint density at radius 3 is 2.63 bits per heavy atom. The van der Waals surface area contributed by atoms with Gasteiger partial charge in [-0.05, 0) is 37.6 Å². The number of nitrogens with one attached hydrogen (secondary N) is 3. The molecule has 0 atom stereocenters. The fraction of sp³-hybridized carbons (Fsp3) is 0.333. The molecule has 0 saturated carbocycles. The maximum Gasteiger partial charge on any atom is 0.293 e. The predicted octanol–water partition coefficient (Wildman–Crippen LogP) is 1.55. The highest BCUT2D eigenvalue weighted by Gasteiger charge is 2.08. The average Bonchev–Trinajstić information content (AvgIpc) is 2.74. The second kappa shape index (κ2) is 10.4. The smallest absolute Gasteiger partial charge is 0.293 e. The number of anilines is 3. The monoisotopic (exact) mass is 408 g/mol. The Morgan fingerprint density at radius 1 is 1.03 bits per heavy atom. The van der Waals surface area contributed by atoms with Crippen molar-refractivity contribution < 1.29 is 0 Å². The molecule has 0 bridgehead atoms. The minimum absolute atomic E-state index is 0.125. The first-order valence-corrected chi connectivity index (χ1v) is 9.92. The summed E-state index contributed by atoms with van der Waals surface area (Å²) in [6.45, 7) is 6.87. The van der Waals surface area contributed by atoms with Crippen LogP contribution in [-0.4, -0.2) is 39.2 Å². The maximum atomic E-state index is 12.8. The second-order valence-electron chi connectivity index (χ2n) is 6.93. The van der Waals surface area contributed by atoms with Crippen molar-refractivity contribution in [2.45, 2.75) is 26.9 Å². The van der Waals surface area contributed by atoms with Crippen molar-refractivity contribution in [3.05, 3.63) is 70.0 Å². The average molecular weight is 409 g/mol. The summed E-state index contributed by atoms with van der Waals surface area (Å²) in [5.74, 6) is 1.67. The molecular weight excluding hydrogens is 380 g/mol. The number of hydrogen-bond donors (Lipinski definition) is 4. The lowest BCUT2D eigenvalue weighted by Gasteiger charge is -2.13. The second-order valence-corrected chi connectivity index (χ2v) is 6.93. The Kier molecular flexibility index (Phi) is 7.34. The SMILES string of the molecule is Cc1nc(N)ccc1CNCCn1c(C)cnc(NCCNc2ccccn2)c1=O. The van der Waals surface area contributed by atoms with E-state index in [1.54, 1.807) is 23.0 Å². The van der Waals surface area contributed by atoms with Gasteiger partial charge < -0.3 is 26.3 Å². The molecule has 0 aromatic carbocycles. The molecule has 0 unspecified atom stereocenters. The molecule has 5 N–H and O–H groups in total. The van der Waals surface area contributed by atoms with Crippen molar-refractivity contribution in [1.29, 1.82) is 0 Å². The molecule has 0 fully saturated rings. The van der Waals surface area contributed by atoms with Crippen LogP contribution in [0.1, 0.15) is 17.0 Å². The van der Waals surface area contributed by atoms with E-state index < -0.39 is 0 Å². The minimum atomic E-state index is -0.125. The third-order valence-electron chi connectivity index (χ3n) is 4.69. The molecule has 9 nitrogen and oxygen atoms in total. The van der Waals surface area contributed by atoms with Gasteiger partial charge in [0.1, 0.15) is 11.6 Å². The third-order valence-corrected chi connectivity index (χ3v) is 4.69. The summed E-state index contributed by atoms with van der Waals surface area (Å²) in [4.78, 5) is 25.5. The predicted molar refractivity (Wildman–Crippen MR) is 120 cm³/mol. The lowest BCUT2D eigenvalue weighted by atomic mass is 10.2. The molecule has 0 aliphatic rings. The molecule has 3 aromatic rings. The van der Waals surface area contributed by atoms with E-state index in [1.165, 1.54) is 0 Å². The molecular formula is C21H28N8O. The van der Waals surface area contributed by atoms with Crippen LogP contribution in [0.4, 0.5) is 17.5 Å². The molecule has 0 radical (unpaired) electrons. The van der Waals surface area contributed by atoms with Gasteiger partial charge in [0, 0.05) is 56.5 Å². The lowest BCUT2D eigenvalue weighted by molar-refractivity contribution is 0.571. The molecule has 3 heterocycles.